The lowest BCUT2D eigenvalue weighted by atomic mass is 10.2. The van der Waals surface area contributed by atoms with E-state index in [1.807, 2.05) is 12.5 Å². The van der Waals surface area contributed by atoms with Crippen LogP contribution in [0.4, 0.5) is 0 Å². The molecular formula is C11H21N3. The largest absolute Gasteiger partial charge is 0.331 e. The highest BCUT2D eigenvalue weighted by Gasteiger charge is 2.05. The lowest BCUT2D eigenvalue weighted by molar-refractivity contribution is 0.499. The van der Waals surface area contributed by atoms with Gasteiger partial charge in [-0.3, -0.25) is 0 Å². The van der Waals surface area contributed by atoms with Gasteiger partial charge in [0.15, 0.2) is 0 Å². The second-order valence-electron chi connectivity index (χ2n) is 4.08. The van der Waals surface area contributed by atoms with Crippen LogP contribution >= 0.6 is 0 Å². The summed E-state index contributed by atoms with van der Waals surface area (Å²) in [6, 6.07) is 1.07. The lowest BCUT2D eigenvalue weighted by Gasteiger charge is -2.14. The van der Waals surface area contributed by atoms with Crippen molar-refractivity contribution in [3.05, 3.63) is 18.2 Å². The zero-order chi connectivity index (χ0) is 10.6. The molecule has 1 aromatic heterocycles. The molecule has 1 N–H and O–H groups in total. The van der Waals surface area contributed by atoms with Gasteiger partial charge in [-0.05, 0) is 27.2 Å². The van der Waals surface area contributed by atoms with Crippen LogP contribution in [0.5, 0.6) is 0 Å². The Balaban J connectivity index is 2.54. The van der Waals surface area contributed by atoms with Gasteiger partial charge < -0.3 is 9.88 Å². The highest BCUT2D eigenvalue weighted by atomic mass is 15.1. The fraction of sp³-hybridized carbons (Fsp3) is 0.727. The molecule has 0 aliphatic rings. The minimum atomic E-state index is 0.492. The molecular weight excluding hydrogens is 174 g/mol. The highest BCUT2D eigenvalue weighted by Crippen LogP contribution is 2.08. The van der Waals surface area contributed by atoms with E-state index in [9.17, 15) is 0 Å². The van der Waals surface area contributed by atoms with Crippen LogP contribution in [0.2, 0.25) is 0 Å². The van der Waals surface area contributed by atoms with Crippen molar-refractivity contribution in [2.75, 3.05) is 0 Å². The number of rotatable bonds is 5. The average Bonchev–Trinajstić information content (AvgIpc) is 2.62. The van der Waals surface area contributed by atoms with Gasteiger partial charge in [-0.15, -0.1) is 0 Å². The number of hydrogen-bond acceptors (Lipinski definition) is 2. The van der Waals surface area contributed by atoms with Crippen molar-refractivity contribution in [3.63, 3.8) is 0 Å². The van der Waals surface area contributed by atoms with Crippen molar-refractivity contribution in [3.8, 4) is 0 Å². The minimum Gasteiger partial charge on any atom is -0.331 e. The Morgan fingerprint density at radius 3 is 2.71 bits per heavy atom. The van der Waals surface area contributed by atoms with Crippen LogP contribution < -0.4 is 5.32 Å². The number of imidazole rings is 1. The Morgan fingerprint density at radius 2 is 2.14 bits per heavy atom. The van der Waals surface area contributed by atoms with Crippen LogP contribution in [0.15, 0.2) is 12.5 Å². The number of aromatic nitrogens is 2. The van der Waals surface area contributed by atoms with Gasteiger partial charge in [-0.1, -0.05) is 6.92 Å². The van der Waals surface area contributed by atoms with Crippen LogP contribution in [0, 0.1) is 0 Å². The molecule has 0 saturated carbocycles. The molecule has 0 aromatic carbocycles. The molecule has 14 heavy (non-hydrogen) atoms. The van der Waals surface area contributed by atoms with Crippen LogP contribution in [-0.4, -0.2) is 15.6 Å². The van der Waals surface area contributed by atoms with Gasteiger partial charge in [0.25, 0.3) is 0 Å². The maximum Gasteiger partial charge on any atom is 0.0951 e. The topological polar surface area (TPSA) is 29.9 Å². The van der Waals surface area contributed by atoms with Gasteiger partial charge in [0, 0.05) is 24.8 Å². The van der Waals surface area contributed by atoms with Gasteiger partial charge in [0.05, 0.1) is 12.0 Å². The van der Waals surface area contributed by atoms with Crippen molar-refractivity contribution in [2.24, 2.45) is 0 Å². The summed E-state index contributed by atoms with van der Waals surface area (Å²) in [5.74, 6) is 0. The first kappa shape index (κ1) is 11.2. The van der Waals surface area contributed by atoms with Gasteiger partial charge in [0.1, 0.15) is 0 Å². The molecule has 1 rings (SSSR count). The molecule has 0 spiro atoms. The summed E-state index contributed by atoms with van der Waals surface area (Å²) in [5, 5.41) is 3.47. The van der Waals surface area contributed by atoms with Crippen LogP contribution in [-0.2, 0) is 6.54 Å². The molecule has 0 saturated heterocycles. The van der Waals surface area contributed by atoms with E-state index in [1.165, 1.54) is 5.69 Å². The van der Waals surface area contributed by atoms with E-state index in [-0.39, 0.29) is 0 Å². The summed E-state index contributed by atoms with van der Waals surface area (Å²) in [7, 11) is 0. The molecule has 3 heteroatoms. The Kier molecular flexibility index (Phi) is 4.14. The molecule has 1 unspecified atom stereocenters. The summed E-state index contributed by atoms with van der Waals surface area (Å²) in [5.41, 5.74) is 1.26. The maximum atomic E-state index is 4.17. The molecule has 80 valence electrons. The predicted molar refractivity (Wildman–Crippen MR) is 59.2 cm³/mol. The standard InChI is InChI=1S/C11H21N3/c1-5-10(4)13-7-11-6-12-8-14(11)9(2)3/h6,8-10,13H,5,7H2,1-4H3. The van der Waals surface area contributed by atoms with Gasteiger partial charge in [-0.2, -0.15) is 0 Å². The smallest absolute Gasteiger partial charge is 0.0951 e. The molecule has 0 bridgehead atoms. The Bertz CT molecular complexity index is 265. The summed E-state index contributed by atoms with van der Waals surface area (Å²) < 4.78 is 2.20. The van der Waals surface area contributed by atoms with E-state index in [0.29, 0.717) is 12.1 Å². The van der Waals surface area contributed by atoms with Crippen molar-refractivity contribution in [2.45, 2.75) is 52.7 Å². The number of hydrogen-bond donors (Lipinski definition) is 1. The monoisotopic (exact) mass is 195 g/mol. The Hall–Kier alpha value is -0.830. The van der Waals surface area contributed by atoms with Crippen LogP contribution in [0.25, 0.3) is 0 Å². The molecule has 0 amide bonds. The van der Waals surface area contributed by atoms with Crippen LogP contribution in [0.3, 0.4) is 0 Å². The normalized spacial score (nSPS) is 13.5. The first-order valence-corrected chi connectivity index (χ1v) is 5.39. The quantitative estimate of drug-likeness (QED) is 0.781. The van der Waals surface area contributed by atoms with Crippen molar-refractivity contribution in [1.29, 1.82) is 0 Å². The molecule has 0 radical (unpaired) electrons. The lowest BCUT2D eigenvalue weighted by Crippen LogP contribution is -2.25. The van der Waals surface area contributed by atoms with Gasteiger partial charge >= 0.3 is 0 Å². The first-order chi connectivity index (χ1) is 6.65. The second-order valence-corrected chi connectivity index (χ2v) is 4.08. The second kappa shape index (κ2) is 5.15. The minimum absolute atomic E-state index is 0.492. The predicted octanol–water partition coefficient (Wildman–Crippen LogP) is 2.35. The summed E-state index contributed by atoms with van der Waals surface area (Å²) in [6.07, 6.45) is 5.00. The molecule has 0 fully saturated rings. The van der Waals surface area contributed by atoms with Gasteiger partial charge in [0.2, 0.25) is 0 Å². The number of nitrogens with zero attached hydrogens (tertiary/aromatic N) is 2. The highest BCUT2D eigenvalue weighted by molar-refractivity contribution is 4.99. The van der Waals surface area contributed by atoms with E-state index in [0.717, 1.165) is 13.0 Å². The third-order valence-corrected chi connectivity index (χ3v) is 2.55. The van der Waals surface area contributed by atoms with E-state index >= 15 is 0 Å². The van der Waals surface area contributed by atoms with E-state index < -0.39 is 0 Å². The van der Waals surface area contributed by atoms with Crippen molar-refractivity contribution in [1.82, 2.24) is 14.9 Å². The molecule has 1 aromatic rings. The third-order valence-electron chi connectivity index (χ3n) is 2.55. The zero-order valence-electron chi connectivity index (χ0n) is 9.62. The molecule has 0 aliphatic carbocycles. The van der Waals surface area contributed by atoms with E-state index in [1.54, 1.807) is 0 Å². The van der Waals surface area contributed by atoms with Crippen molar-refractivity contribution >= 4 is 0 Å². The zero-order valence-corrected chi connectivity index (χ0v) is 9.62. The third kappa shape index (κ3) is 2.84. The van der Waals surface area contributed by atoms with Crippen LogP contribution in [0.1, 0.15) is 45.9 Å². The Labute approximate surface area is 86.5 Å². The summed E-state index contributed by atoms with van der Waals surface area (Å²) in [4.78, 5) is 4.17. The van der Waals surface area contributed by atoms with Crippen molar-refractivity contribution < 1.29 is 0 Å². The fourth-order valence-electron chi connectivity index (χ4n) is 1.36. The van der Waals surface area contributed by atoms with E-state index in [2.05, 4.69) is 42.6 Å². The molecule has 1 atom stereocenters. The average molecular weight is 195 g/mol. The first-order valence-electron chi connectivity index (χ1n) is 5.39. The van der Waals surface area contributed by atoms with Gasteiger partial charge in [-0.25, -0.2) is 4.98 Å². The fourth-order valence-corrected chi connectivity index (χ4v) is 1.36. The molecule has 0 aliphatic heterocycles. The summed E-state index contributed by atoms with van der Waals surface area (Å²) >= 11 is 0. The molecule has 3 nitrogen and oxygen atoms in total. The Morgan fingerprint density at radius 1 is 1.43 bits per heavy atom. The molecule has 1 heterocycles. The SMILES string of the molecule is CCC(C)NCc1cncn1C(C)C. The maximum absolute atomic E-state index is 4.17. The van der Waals surface area contributed by atoms with E-state index in [4.69, 9.17) is 0 Å². The number of nitrogens with one attached hydrogen (secondary N) is 1. The summed E-state index contributed by atoms with van der Waals surface area (Å²) in [6.45, 7) is 9.66.